The fourth-order valence-corrected chi connectivity index (χ4v) is 2.86. The minimum absolute atomic E-state index is 0.430. The molecule has 0 radical (unpaired) electrons. The van der Waals surface area contributed by atoms with Gasteiger partial charge >= 0.3 is 0 Å². The number of rotatable bonds is 2. The molecule has 0 aliphatic carbocycles. The van der Waals surface area contributed by atoms with Gasteiger partial charge in [-0.05, 0) is 32.4 Å². The topological polar surface area (TPSA) is 46.8 Å². The lowest BCUT2D eigenvalue weighted by molar-refractivity contribution is 0.195. The largest absolute Gasteiger partial charge is 0.315 e. The van der Waals surface area contributed by atoms with E-state index in [0.29, 0.717) is 16.6 Å². The second-order valence-electron chi connectivity index (χ2n) is 5.00. The zero-order valence-corrected chi connectivity index (χ0v) is 11.1. The van der Waals surface area contributed by atoms with E-state index >= 15 is 0 Å². The highest BCUT2D eigenvalue weighted by Crippen LogP contribution is 2.21. The lowest BCUT2D eigenvalue weighted by Crippen LogP contribution is -2.34. The third-order valence-electron chi connectivity index (χ3n) is 3.53. The summed E-state index contributed by atoms with van der Waals surface area (Å²) in [5.41, 5.74) is 1.53. The van der Waals surface area contributed by atoms with E-state index in [9.17, 15) is 0 Å². The van der Waals surface area contributed by atoms with Crippen molar-refractivity contribution in [3.05, 3.63) is 17.8 Å². The lowest BCUT2D eigenvalue weighted by atomic mass is 9.98. The Morgan fingerprint density at radius 3 is 3.11 bits per heavy atom. The number of imidazole rings is 1. The summed E-state index contributed by atoms with van der Waals surface area (Å²) in [4.78, 5) is 14.9. The van der Waals surface area contributed by atoms with Gasteiger partial charge < -0.3 is 9.47 Å². The number of fused-ring (bicyclic) bond motifs is 1. The maximum atomic E-state index is 6.00. The van der Waals surface area contributed by atoms with Crippen LogP contribution in [0.25, 0.3) is 11.2 Å². The van der Waals surface area contributed by atoms with Crippen LogP contribution in [0.5, 0.6) is 0 Å². The first-order valence-electron chi connectivity index (χ1n) is 6.24. The molecule has 1 unspecified atom stereocenters. The number of halogens is 1. The molecule has 1 saturated heterocycles. The first-order chi connectivity index (χ1) is 8.74. The summed E-state index contributed by atoms with van der Waals surface area (Å²) in [7, 11) is 2.18. The number of piperidine rings is 1. The van der Waals surface area contributed by atoms with Gasteiger partial charge in [-0.2, -0.15) is 0 Å². The predicted molar refractivity (Wildman–Crippen MR) is 70.6 cm³/mol. The second-order valence-corrected chi connectivity index (χ2v) is 5.36. The minimum Gasteiger partial charge on any atom is -0.315 e. The van der Waals surface area contributed by atoms with Crippen LogP contribution < -0.4 is 0 Å². The highest BCUT2D eigenvalue weighted by Gasteiger charge is 2.19. The second kappa shape index (κ2) is 4.82. The van der Waals surface area contributed by atoms with Crippen LogP contribution in [0, 0.1) is 5.92 Å². The van der Waals surface area contributed by atoms with Crippen LogP contribution in [0.4, 0.5) is 0 Å². The van der Waals surface area contributed by atoms with Crippen molar-refractivity contribution in [2.75, 3.05) is 20.1 Å². The van der Waals surface area contributed by atoms with E-state index in [4.69, 9.17) is 11.6 Å². The zero-order chi connectivity index (χ0) is 12.5. The van der Waals surface area contributed by atoms with E-state index in [0.717, 1.165) is 18.7 Å². The molecule has 5 nitrogen and oxygen atoms in total. The third kappa shape index (κ3) is 2.20. The molecule has 1 aliphatic heterocycles. The Labute approximate surface area is 111 Å². The molecule has 1 atom stereocenters. The van der Waals surface area contributed by atoms with Gasteiger partial charge in [0.1, 0.15) is 11.8 Å². The summed E-state index contributed by atoms with van der Waals surface area (Å²) >= 11 is 6.00. The Morgan fingerprint density at radius 2 is 2.28 bits per heavy atom. The van der Waals surface area contributed by atoms with Gasteiger partial charge in [0.05, 0.1) is 6.33 Å². The molecule has 2 aromatic rings. The van der Waals surface area contributed by atoms with Crippen LogP contribution >= 0.6 is 11.6 Å². The molecule has 18 heavy (non-hydrogen) atoms. The molecule has 0 spiro atoms. The van der Waals surface area contributed by atoms with E-state index in [1.165, 1.54) is 25.7 Å². The number of hydrogen-bond acceptors (Lipinski definition) is 4. The summed E-state index contributed by atoms with van der Waals surface area (Å²) in [5.74, 6) is 0.662. The maximum Gasteiger partial charge on any atom is 0.164 e. The highest BCUT2D eigenvalue weighted by atomic mass is 35.5. The van der Waals surface area contributed by atoms with Crippen LogP contribution in [0.3, 0.4) is 0 Å². The van der Waals surface area contributed by atoms with E-state index in [1.807, 2.05) is 6.33 Å². The molecule has 0 amide bonds. The normalized spacial score (nSPS) is 21.6. The fourth-order valence-electron chi connectivity index (χ4n) is 2.69. The number of likely N-dealkylation sites (tertiary alicyclic amines) is 1. The zero-order valence-electron chi connectivity index (χ0n) is 10.4. The molecule has 3 rings (SSSR count). The average molecular weight is 266 g/mol. The van der Waals surface area contributed by atoms with Crippen molar-refractivity contribution in [1.82, 2.24) is 24.4 Å². The number of nitrogens with zero attached hydrogens (tertiary/aromatic N) is 5. The molecular formula is C12H16ClN5. The van der Waals surface area contributed by atoms with Gasteiger partial charge in [0.15, 0.2) is 10.8 Å². The van der Waals surface area contributed by atoms with Crippen molar-refractivity contribution in [2.45, 2.75) is 19.4 Å². The molecule has 0 bridgehead atoms. The Kier molecular flexibility index (Phi) is 3.18. The molecule has 2 aromatic heterocycles. The van der Waals surface area contributed by atoms with Crippen LogP contribution in [0.2, 0.25) is 5.15 Å². The summed E-state index contributed by atoms with van der Waals surface area (Å²) in [6, 6.07) is 0. The number of hydrogen-bond donors (Lipinski definition) is 0. The van der Waals surface area contributed by atoms with Crippen LogP contribution in [-0.4, -0.2) is 44.6 Å². The van der Waals surface area contributed by atoms with Gasteiger partial charge in [-0.25, -0.2) is 15.0 Å². The standard InChI is InChI=1S/C12H16ClN5/c1-17-4-2-3-9(5-17)6-18-8-16-10-11(13)14-7-15-12(10)18/h7-9H,2-6H2,1H3. The van der Waals surface area contributed by atoms with Gasteiger partial charge in [0, 0.05) is 13.1 Å². The first kappa shape index (κ1) is 11.9. The van der Waals surface area contributed by atoms with Gasteiger partial charge in [-0.15, -0.1) is 0 Å². The number of aromatic nitrogens is 4. The summed E-state index contributed by atoms with van der Waals surface area (Å²) in [5, 5.41) is 0.430. The van der Waals surface area contributed by atoms with Gasteiger partial charge in [-0.1, -0.05) is 11.6 Å². The summed E-state index contributed by atoms with van der Waals surface area (Å²) in [6.45, 7) is 3.29. The quantitative estimate of drug-likeness (QED) is 0.777. The SMILES string of the molecule is CN1CCCC(Cn2cnc3c(Cl)ncnc32)C1. The van der Waals surface area contributed by atoms with Crippen LogP contribution in [-0.2, 0) is 6.54 Å². The molecule has 0 aromatic carbocycles. The molecule has 0 saturated carbocycles. The van der Waals surface area contributed by atoms with Crippen molar-refractivity contribution < 1.29 is 0 Å². The van der Waals surface area contributed by atoms with Crippen molar-refractivity contribution in [3.63, 3.8) is 0 Å². The van der Waals surface area contributed by atoms with E-state index in [-0.39, 0.29) is 0 Å². The first-order valence-corrected chi connectivity index (χ1v) is 6.61. The van der Waals surface area contributed by atoms with Gasteiger partial charge in [-0.3, -0.25) is 0 Å². The van der Waals surface area contributed by atoms with E-state index < -0.39 is 0 Å². The fraction of sp³-hybridized carbons (Fsp3) is 0.583. The minimum atomic E-state index is 0.430. The van der Waals surface area contributed by atoms with Crippen molar-refractivity contribution in [3.8, 4) is 0 Å². The smallest absolute Gasteiger partial charge is 0.164 e. The molecule has 1 fully saturated rings. The Hall–Kier alpha value is -1.20. The molecule has 1 aliphatic rings. The summed E-state index contributed by atoms with van der Waals surface area (Å²) < 4.78 is 2.09. The van der Waals surface area contributed by atoms with Crippen LogP contribution in [0.1, 0.15) is 12.8 Å². The molecule has 0 N–H and O–H groups in total. The molecular weight excluding hydrogens is 250 g/mol. The monoisotopic (exact) mass is 265 g/mol. The van der Waals surface area contributed by atoms with E-state index in [1.54, 1.807) is 0 Å². The molecule has 3 heterocycles. The van der Waals surface area contributed by atoms with Gasteiger partial charge in [0.2, 0.25) is 0 Å². The van der Waals surface area contributed by atoms with Crippen LogP contribution in [0.15, 0.2) is 12.7 Å². The predicted octanol–water partition coefficient (Wildman–Crippen LogP) is 1.82. The summed E-state index contributed by atoms with van der Waals surface area (Å²) in [6.07, 6.45) is 5.85. The van der Waals surface area contributed by atoms with Crippen molar-refractivity contribution >= 4 is 22.8 Å². The molecule has 6 heteroatoms. The maximum absolute atomic E-state index is 6.00. The Balaban J connectivity index is 1.84. The average Bonchev–Trinajstić information content (AvgIpc) is 2.74. The van der Waals surface area contributed by atoms with Gasteiger partial charge in [0.25, 0.3) is 0 Å². The molecule has 96 valence electrons. The highest BCUT2D eigenvalue weighted by molar-refractivity contribution is 6.33. The Bertz CT molecular complexity index is 552. The lowest BCUT2D eigenvalue weighted by Gasteiger charge is -2.29. The Morgan fingerprint density at radius 1 is 1.39 bits per heavy atom. The van der Waals surface area contributed by atoms with Crippen molar-refractivity contribution in [1.29, 1.82) is 0 Å². The third-order valence-corrected chi connectivity index (χ3v) is 3.81. The van der Waals surface area contributed by atoms with E-state index in [2.05, 4.69) is 31.5 Å². The van der Waals surface area contributed by atoms with Crippen molar-refractivity contribution in [2.24, 2.45) is 5.92 Å².